The molecule has 2 heteroatoms. The Labute approximate surface area is 90.6 Å². The third kappa shape index (κ3) is 1.86. The maximum absolute atomic E-state index is 10.0. The van der Waals surface area contributed by atoms with Crippen molar-refractivity contribution in [3.8, 4) is 5.75 Å². The van der Waals surface area contributed by atoms with Gasteiger partial charge in [-0.05, 0) is 55.4 Å². The van der Waals surface area contributed by atoms with E-state index in [4.69, 9.17) is 0 Å². The Kier molecular flexibility index (Phi) is 2.70. The molecule has 0 fully saturated rings. The van der Waals surface area contributed by atoms with E-state index >= 15 is 0 Å². The highest BCUT2D eigenvalue weighted by Crippen LogP contribution is 2.35. The molecule has 81 valence electrons. The zero-order chi connectivity index (χ0) is 11.0. The summed E-state index contributed by atoms with van der Waals surface area (Å²) in [5, 5.41) is 19.3. The molecule has 0 bridgehead atoms. The van der Waals surface area contributed by atoms with Gasteiger partial charge in [0.15, 0.2) is 0 Å². The van der Waals surface area contributed by atoms with Crippen LogP contribution < -0.4 is 0 Å². The van der Waals surface area contributed by atoms with Crippen LogP contribution in [-0.4, -0.2) is 16.3 Å². The standard InChI is InChI=1S/C13H17O2/c1-8-6-10(7-9(2)14)13(15)12-5-3-4-11(8)12/h6,9,14-15H,2-5,7H2,1H3. The van der Waals surface area contributed by atoms with Crippen molar-refractivity contribution < 1.29 is 10.2 Å². The number of fused-ring (bicyclic) bond motifs is 1. The first-order chi connectivity index (χ1) is 7.09. The molecule has 0 saturated heterocycles. The fraction of sp³-hybridized carbons (Fsp3) is 0.462. The second-order valence-corrected chi connectivity index (χ2v) is 4.37. The third-order valence-corrected chi connectivity index (χ3v) is 3.13. The molecule has 1 aromatic rings. The molecule has 1 radical (unpaired) electrons. The van der Waals surface area contributed by atoms with Crippen LogP contribution >= 0.6 is 0 Å². The van der Waals surface area contributed by atoms with Crippen LogP contribution in [0.2, 0.25) is 0 Å². The molecule has 0 saturated carbocycles. The van der Waals surface area contributed by atoms with Gasteiger partial charge in [0, 0.05) is 6.42 Å². The first-order valence-corrected chi connectivity index (χ1v) is 5.44. The molecule has 2 nitrogen and oxygen atoms in total. The van der Waals surface area contributed by atoms with Gasteiger partial charge in [0.05, 0.1) is 6.10 Å². The number of aryl methyl sites for hydroxylation is 1. The van der Waals surface area contributed by atoms with Crippen molar-refractivity contribution in [2.75, 3.05) is 0 Å². The number of aliphatic hydroxyl groups excluding tert-OH is 1. The van der Waals surface area contributed by atoms with Gasteiger partial charge >= 0.3 is 0 Å². The first-order valence-electron chi connectivity index (χ1n) is 5.44. The molecule has 1 aromatic carbocycles. The van der Waals surface area contributed by atoms with Crippen LogP contribution in [0.15, 0.2) is 6.07 Å². The van der Waals surface area contributed by atoms with Crippen LogP contribution in [-0.2, 0) is 19.3 Å². The number of phenols is 1. The minimum atomic E-state index is -0.644. The van der Waals surface area contributed by atoms with Crippen LogP contribution in [0.5, 0.6) is 5.75 Å². The van der Waals surface area contributed by atoms with Crippen LogP contribution in [0.4, 0.5) is 0 Å². The molecule has 1 aliphatic carbocycles. The van der Waals surface area contributed by atoms with E-state index in [1.54, 1.807) is 0 Å². The van der Waals surface area contributed by atoms with Gasteiger partial charge in [-0.15, -0.1) is 0 Å². The molecule has 2 N–H and O–H groups in total. The van der Waals surface area contributed by atoms with Crippen LogP contribution in [0, 0.1) is 13.8 Å². The highest BCUT2D eigenvalue weighted by atomic mass is 16.3. The lowest BCUT2D eigenvalue weighted by atomic mass is 9.96. The van der Waals surface area contributed by atoms with Gasteiger partial charge in [-0.25, -0.2) is 0 Å². The smallest absolute Gasteiger partial charge is 0.122 e. The zero-order valence-electron chi connectivity index (χ0n) is 9.08. The summed E-state index contributed by atoms with van der Waals surface area (Å²) in [5.74, 6) is 0.385. The van der Waals surface area contributed by atoms with E-state index in [0.29, 0.717) is 12.2 Å². The summed E-state index contributed by atoms with van der Waals surface area (Å²) in [6, 6.07) is 1.98. The lowest BCUT2D eigenvalue weighted by Gasteiger charge is -2.13. The SMILES string of the molecule is [CH2]C(O)Cc1cc(C)c2c(c1O)CCC2. The van der Waals surface area contributed by atoms with Crippen molar-refractivity contribution in [1.82, 2.24) is 0 Å². The Morgan fingerprint density at radius 3 is 2.73 bits per heavy atom. The quantitative estimate of drug-likeness (QED) is 0.774. The number of rotatable bonds is 2. The molecule has 1 atom stereocenters. The first kappa shape index (κ1) is 10.5. The van der Waals surface area contributed by atoms with Crippen molar-refractivity contribution >= 4 is 0 Å². The minimum Gasteiger partial charge on any atom is -0.507 e. The van der Waals surface area contributed by atoms with Crippen molar-refractivity contribution in [3.05, 3.63) is 35.2 Å². The Morgan fingerprint density at radius 2 is 2.07 bits per heavy atom. The van der Waals surface area contributed by atoms with E-state index in [9.17, 15) is 10.2 Å². The average molecular weight is 205 g/mol. The predicted molar refractivity (Wildman–Crippen MR) is 59.9 cm³/mol. The van der Waals surface area contributed by atoms with E-state index in [2.05, 4.69) is 13.8 Å². The fourth-order valence-corrected chi connectivity index (χ4v) is 2.46. The molecule has 2 rings (SSSR count). The summed E-state index contributed by atoms with van der Waals surface area (Å²) >= 11 is 0. The molecular weight excluding hydrogens is 188 g/mol. The van der Waals surface area contributed by atoms with E-state index in [1.165, 1.54) is 11.1 Å². The van der Waals surface area contributed by atoms with Crippen molar-refractivity contribution in [2.24, 2.45) is 0 Å². The number of hydrogen-bond donors (Lipinski definition) is 2. The van der Waals surface area contributed by atoms with Crippen molar-refractivity contribution in [3.63, 3.8) is 0 Å². The Bertz CT molecular complexity index is 381. The number of aliphatic hydroxyl groups is 1. The summed E-state index contributed by atoms with van der Waals surface area (Å²) in [5.41, 5.74) is 4.45. The van der Waals surface area contributed by atoms with Crippen molar-refractivity contribution in [2.45, 2.75) is 38.7 Å². The largest absolute Gasteiger partial charge is 0.507 e. The molecule has 1 unspecified atom stereocenters. The lowest BCUT2D eigenvalue weighted by molar-refractivity contribution is 0.220. The summed E-state index contributed by atoms with van der Waals surface area (Å²) < 4.78 is 0. The van der Waals surface area contributed by atoms with Crippen molar-refractivity contribution in [1.29, 1.82) is 0 Å². The van der Waals surface area contributed by atoms with E-state index in [1.807, 2.05) is 6.07 Å². The molecule has 0 spiro atoms. The molecule has 0 amide bonds. The zero-order valence-corrected chi connectivity index (χ0v) is 9.08. The maximum atomic E-state index is 10.0. The second kappa shape index (κ2) is 3.86. The Balaban J connectivity index is 2.45. The van der Waals surface area contributed by atoms with Gasteiger partial charge in [-0.2, -0.15) is 0 Å². The van der Waals surface area contributed by atoms with E-state index in [-0.39, 0.29) is 0 Å². The van der Waals surface area contributed by atoms with Gasteiger partial charge in [0.2, 0.25) is 0 Å². The topological polar surface area (TPSA) is 40.5 Å². The number of phenolic OH excluding ortho intramolecular Hbond substituents is 1. The molecule has 1 aliphatic rings. The predicted octanol–water partition coefficient (Wildman–Crippen LogP) is 1.93. The fourth-order valence-electron chi connectivity index (χ4n) is 2.46. The summed E-state index contributed by atoms with van der Waals surface area (Å²) in [6.07, 6.45) is 2.94. The maximum Gasteiger partial charge on any atom is 0.122 e. The summed E-state index contributed by atoms with van der Waals surface area (Å²) in [6.45, 7) is 5.61. The molecule has 0 aromatic heterocycles. The molecular formula is C13H17O2. The highest BCUT2D eigenvalue weighted by molar-refractivity contribution is 5.51. The third-order valence-electron chi connectivity index (χ3n) is 3.13. The number of aromatic hydroxyl groups is 1. The molecule has 0 heterocycles. The highest BCUT2D eigenvalue weighted by Gasteiger charge is 2.20. The Hall–Kier alpha value is -1.02. The van der Waals surface area contributed by atoms with Gasteiger partial charge in [-0.1, -0.05) is 6.07 Å². The molecule has 15 heavy (non-hydrogen) atoms. The van der Waals surface area contributed by atoms with Crippen LogP contribution in [0.25, 0.3) is 0 Å². The van der Waals surface area contributed by atoms with E-state index in [0.717, 1.165) is 30.4 Å². The number of hydrogen-bond acceptors (Lipinski definition) is 2. The molecule has 0 aliphatic heterocycles. The normalized spacial score (nSPS) is 16.5. The lowest BCUT2D eigenvalue weighted by Crippen LogP contribution is -2.06. The van der Waals surface area contributed by atoms with Crippen LogP contribution in [0.1, 0.15) is 28.7 Å². The Morgan fingerprint density at radius 1 is 1.40 bits per heavy atom. The van der Waals surface area contributed by atoms with Gasteiger partial charge < -0.3 is 10.2 Å². The summed E-state index contributed by atoms with van der Waals surface area (Å²) in [7, 11) is 0. The van der Waals surface area contributed by atoms with Gasteiger partial charge in [0.25, 0.3) is 0 Å². The second-order valence-electron chi connectivity index (χ2n) is 4.37. The van der Waals surface area contributed by atoms with Gasteiger partial charge in [-0.3, -0.25) is 0 Å². The monoisotopic (exact) mass is 205 g/mol. The minimum absolute atomic E-state index is 0.385. The summed E-state index contributed by atoms with van der Waals surface area (Å²) in [4.78, 5) is 0. The van der Waals surface area contributed by atoms with Gasteiger partial charge in [0.1, 0.15) is 5.75 Å². The average Bonchev–Trinajstić information content (AvgIpc) is 2.61. The van der Waals surface area contributed by atoms with Crippen LogP contribution in [0.3, 0.4) is 0 Å². The van der Waals surface area contributed by atoms with E-state index < -0.39 is 6.10 Å². The number of benzene rings is 1.